The van der Waals surface area contributed by atoms with Crippen molar-refractivity contribution < 1.29 is 13.9 Å². The van der Waals surface area contributed by atoms with Gasteiger partial charge < -0.3 is 0 Å². The molecule has 0 N–H and O–H groups in total. The van der Waals surface area contributed by atoms with Gasteiger partial charge in [0.2, 0.25) is 0 Å². The number of halogens is 2. The van der Waals surface area contributed by atoms with Crippen LogP contribution in [-0.4, -0.2) is 24.6 Å². The van der Waals surface area contributed by atoms with Crippen LogP contribution in [0.2, 0.25) is 0 Å². The Morgan fingerprint density at radius 1 is 0.371 bits per heavy atom. The second-order valence-corrected chi connectivity index (χ2v) is 20.1. The Balaban J connectivity index is 0.000000222. The monoisotopic (exact) mass is 756 g/mol. The van der Waals surface area contributed by atoms with Crippen LogP contribution in [0.4, 0.5) is 0 Å². The zero-order valence-electron chi connectivity index (χ0n) is 19.4. The molecular weight excluding hydrogens is 726 g/mol. The number of hydrogen-bond acceptors (Lipinski definition) is 0. The summed E-state index contributed by atoms with van der Waals surface area (Å²) in [5.41, 5.74) is 0. The van der Waals surface area contributed by atoms with E-state index in [9.17, 15) is 0 Å². The first-order valence-electron chi connectivity index (χ1n) is 11.3. The van der Waals surface area contributed by atoms with Crippen molar-refractivity contribution in [3.8, 4) is 0 Å². The predicted molar refractivity (Wildman–Crippen MR) is 175 cm³/mol. The molecule has 35 heavy (non-hydrogen) atoms. The van der Waals surface area contributed by atoms with Crippen LogP contribution in [0.5, 0.6) is 0 Å². The van der Waals surface area contributed by atoms with Gasteiger partial charge in [0.25, 0.3) is 0 Å². The summed E-state index contributed by atoms with van der Waals surface area (Å²) in [7, 11) is 3.85. The maximum absolute atomic E-state index is 3.11. The Labute approximate surface area is 240 Å². The summed E-state index contributed by atoms with van der Waals surface area (Å²) in [6, 6.07) is 43.2. The molecule has 0 spiro atoms. The zero-order valence-corrected chi connectivity index (χ0v) is 28.2. The molecule has 0 amide bonds. The van der Waals surface area contributed by atoms with Crippen LogP contribution in [-0.2, 0) is 13.9 Å². The molecule has 0 aliphatic heterocycles. The van der Waals surface area contributed by atoms with Crippen molar-refractivity contribution in [1.29, 1.82) is 0 Å². The molecule has 4 unspecified atom stereocenters. The molecular formula is C28H32Br2P4Pd. The van der Waals surface area contributed by atoms with Gasteiger partial charge in [0.15, 0.2) is 0 Å². The van der Waals surface area contributed by atoms with E-state index in [2.05, 4.69) is 148 Å². The van der Waals surface area contributed by atoms with Crippen molar-refractivity contribution in [3.63, 3.8) is 0 Å². The van der Waals surface area contributed by atoms with E-state index in [4.69, 9.17) is 0 Å². The quantitative estimate of drug-likeness (QED) is 0.0886. The molecule has 4 atom stereocenters. The molecule has 0 heterocycles. The summed E-state index contributed by atoms with van der Waals surface area (Å²) in [6.07, 6.45) is 5.27. The van der Waals surface area contributed by atoms with Crippen LogP contribution in [0.3, 0.4) is 0 Å². The van der Waals surface area contributed by atoms with Crippen LogP contribution in [0, 0.1) is 0 Å². The largest absolute Gasteiger partial charge is 0.0900 e. The van der Waals surface area contributed by atoms with E-state index < -0.39 is 0 Å². The zero-order chi connectivity index (χ0) is 24.8. The molecule has 0 saturated carbocycles. The summed E-state index contributed by atoms with van der Waals surface area (Å²) < 4.78 is 0. The van der Waals surface area contributed by atoms with Crippen molar-refractivity contribution in [2.45, 2.75) is 0 Å². The third-order valence-electron chi connectivity index (χ3n) is 4.66. The Morgan fingerprint density at radius 3 is 0.714 bits per heavy atom. The molecule has 0 fully saturated rings. The molecule has 0 radical (unpaired) electrons. The minimum atomic E-state index is 0.575. The first-order chi connectivity index (χ1) is 17.3. The van der Waals surface area contributed by atoms with E-state index in [1.165, 1.54) is 45.9 Å². The Bertz CT molecular complexity index is 828. The van der Waals surface area contributed by atoms with Gasteiger partial charge in [-0.2, -0.15) is 0 Å². The standard InChI is InChI=1S/2C14H16P2.2BrH.Pd/c2*1-3-7-13(8-4-1)15-11-12-16-14-9-5-2-6-10-14;;;/h2*1-10,15-16H,11-12H2;2*1H;/q;;;;+2/p-2. The van der Waals surface area contributed by atoms with Gasteiger partial charge in [-0.15, -0.1) is 0 Å². The Hall–Kier alpha value is 0.222. The van der Waals surface area contributed by atoms with E-state index in [0.717, 1.165) is 34.3 Å². The average Bonchev–Trinajstić information content (AvgIpc) is 2.92. The second-order valence-electron chi connectivity index (χ2n) is 7.22. The average molecular weight is 759 g/mol. The van der Waals surface area contributed by atoms with E-state index >= 15 is 0 Å². The van der Waals surface area contributed by atoms with Gasteiger partial charge in [0, 0.05) is 0 Å². The molecule has 4 rings (SSSR count). The summed E-state index contributed by atoms with van der Waals surface area (Å²) in [6.45, 7) is 0. The van der Waals surface area contributed by atoms with Crippen LogP contribution >= 0.6 is 61.2 Å². The third-order valence-corrected chi connectivity index (χ3v) is 10.6. The van der Waals surface area contributed by atoms with Crippen molar-refractivity contribution in [2.75, 3.05) is 24.6 Å². The molecule has 0 bridgehead atoms. The van der Waals surface area contributed by atoms with Gasteiger partial charge in [-0.3, -0.25) is 0 Å². The van der Waals surface area contributed by atoms with Gasteiger partial charge >= 0.3 is 40.8 Å². The fourth-order valence-corrected chi connectivity index (χ4v) is 7.92. The summed E-state index contributed by atoms with van der Waals surface area (Å²) in [5, 5.41) is 5.95. The molecule has 0 aliphatic rings. The minimum Gasteiger partial charge on any atom is -0.0900 e. The molecule has 4 aromatic carbocycles. The van der Waals surface area contributed by atoms with Crippen molar-refractivity contribution in [3.05, 3.63) is 121 Å². The molecule has 0 aliphatic carbocycles. The van der Waals surface area contributed by atoms with Gasteiger partial charge in [-0.25, -0.2) is 0 Å². The summed E-state index contributed by atoms with van der Waals surface area (Å²) in [5.74, 6) is 0. The van der Waals surface area contributed by atoms with Gasteiger partial charge in [-0.1, -0.05) is 156 Å². The number of rotatable bonds is 10. The van der Waals surface area contributed by atoms with Gasteiger partial charge in [-0.05, 0) is 45.9 Å². The van der Waals surface area contributed by atoms with Crippen LogP contribution < -0.4 is 21.2 Å². The maximum Gasteiger partial charge on any atom is -0.0271 e. The summed E-state index contributed by atoms with van der Waals surface area (Å²) >= 11 is 6.80. The molecule has 0 saturated heterocycles. The molecule has 0 aromatic heterocycles. The molecule has 188 valence electrons. The topological polar surface area (TPSA) is 0 Å². The molecule has 4 aromatic rings. The van der Waals surface area contributed by atoms with E-state index in [0.29, 0.717) is 13.9 Å². The number of benzene rings is 4. The smallest absolute Gasteiger partial charge is 0.0271 e. The van der Waals surface area contributed by atoms with Crippen LogP contribution in [0.15, 0.2) is 121 Å². The van der Waals surface area contributed by atoms with Crippen LogP contribution in [0.25, 0.3) is 0 Å². The normalized spacial score (nSPS) is 11.4. The fraction of sp³-hybridized carbons (Fsp3) is 0.143. The van der Waals surface area contributed by atoms with Crippen molar-refractivity contribution in [2.24, 2.45) is 0 Å². The molecule has 7 heteroatoms. The van der Waals surface area contributed by atoms with E-state index in [1.54, 1.807) is 0 Å². The maximum atomic E-state index is 3.11. The van der Waals surface area contributed by atoms with Crippen LogP contribution in [0.1, 0.15) is 0 Å². The SMILES string of the molecule is [Br][Pd][Br].c1ccc(PCCPc2ccccc2)cc1.c1ccc(PCCPc2ccccc2)cc1. The Morgan fingerprint density at radius 2 is 0.543 bits per heavy atom. The van der Waals surface area contributed by atoms with Gasteiger partial charge in [0.05, 0.1) is 0 Å². The first-order valence-corrected chi connectivity index (χ1v) is 23.2. The third kappa shape index (κ3) is 16.6. The van der Waals surface area contributed by atoms with Crippen molar-refractivity contribution in [1.82, 2.24) is 0 Å². The number of hydrogen-bond donors (Lipinski definition) is 0. The predicted octanol–water partition coefficient (Wildman–Crippen LogP) is 7.68. The minimum absolute atomic E-state index is 0.575. The molecule has 0 nitrogen and oxygen atoms in total. The fourth-order valence-electron chi connectivity index (χ4n) is 3.05. The van der Waals surface area contributed by atoms with E-state index in [-0.39, 0.29) is 0 Å². The first kappa shape index (κ1) is 31.4. The van der Waals surface area contributed by atoms with Gasteiger partial charge in [0.1, 0.15) is 0 Å². The van der Waals surface area contributed by atoms with E-state index in [1.807, 2.05) is 0 Å². The Kier molecular flexibility index (Phi) is 20.0. The van der Waals surface area contributed by atoms with Crippen molar-refractivity contribution >= 4 is 82.4 Å². The summed E-state index contributed by atoms with van der Waals surface area (Å²) in [4.78, 5) is 0. The second kappa shape index (κ2) is 22.2.